The number of carbonyl (C=O) groups is 1. The van der Waals surface area contributed by atoms with Gasteiger partial charge < -0.3 is 14.8 Å². The predicted molar refractivity (Wildman–Crippen MR) is 111 cm³/mol. The number of aromatic nitrogens is 4. The number of benzene rings is 1. The lowest BCUT2D eigenvalue weighted by atomic mass is 10.1. The second-order valence-corrected chi connectivity index (χ2v) is 7.50. The summed E-state index contributed by atoms with van der Waals surface area (Å²) in [6.45, 7) is 3.75. The Bertz CT molecular complexity index is 1210. The van der Waals surface area contributed by atoms with Crippen LogP contribution in [0.5, 0.6) is 0 Å². The third kappa shape index (κ3) is 3.32. The van der Waals surface area contributed by atoms with Crippen molar-refractivity contribution < 1.29 is 4.79 Å². The SMILES string of the molecule is Cc1cc(NC(=O)Cn2c(=O)c3c(ncn3C)n(C)c2=O)ccc1N1CCCC1. The largest absolute Gasteiger partial charge is 0.371 e. The summed E-state index contributed by atoms with van der Waals surface area (Å²) in [5.41, 5.74) is 2.37. The molecule has 3 aromatic rings. The van der Waals surface area contributed by atoms with E-state index < -0.39 is 17.2 Å². The van der Waals surface area contributed by atoms with Gasteiger partial charge in [-0.25, -0.2) is 14.3 Å². The van der Waals surface area contributed by atoms with Crippen LogP contribution >= 0.6 is 0 Å². The number of anilines is 2. The molecule has 0 bridgehead atoms. The van der Waals surface area contributed by atoms with Gasteiger partial charge in [-0.1, -0.05) is 0 Å². The smallest absolute Gasteiger partial charge is 0.332 e. The molecule has 1 saturated heterocycles. The number of nitrogens with one attached hydrogen (secondary N) is 1. The Balaban J connectivity index is 1.58. The summed E-state index contributed by atoms with van der Waals surface area (Å²) in [6, 6.07) is 5.77. The molecule has 9 heteroatoms. The standard InChI is InChI=1S/C20H24N6O3/c1-13-10-14(6-7-15(13)25-8-4-5-9-25)22-16(27)11-26-19(28)17-18(21-12-23(17)2)24(3)20(26)29/h6-7,10,12H,4-5,8-9,11H2,1-3H3,(H,22,27). The molecule has 29 heavy (non-hydrogen) atoms. The molecule has 1 fully saturated rings. The van der Waals surface area contributed by atoms with E-state index in [4.69, 9.17) is 0 Å². The molecule has 1 aliphatic heterocycles. The molecule has 9 nitrogen and oxygen atoms in total. The molecule has 0 spiro atoms. The maximum absolute atomic E-state index is 12.7. The molecule has 0 aliphatic carbocycles. The molecule has 1 aromatic carbocycles. The van der Waals surface area contributed by atoms with Crippen molar-refractivity contribution in [3.05, 3.63) is 50.9 Å². The third-order valence-electron chi connectivity index (χ3n) is 5.43. The highest BCUT2D eigenvalue weighted by atomic mass is 16.2. The zero-order valence-electron chi connectivity index (χ0n) is 16.8. The molecule has 152 valence electrons. The van der Waals surface area contributed by atoms with Gasteiger partial charge in [0.05, 0.1) is 6.33 Å². The van der Waals surface area contributed by atoms with Gasteiger partial charge in [0.1, 0.15) is 6.54 Å². The Hall–Kier alpha value is -3.36. The first-order valence-electron chi connectivity index (χ1n) is 9.63. The zero-order valence-corrected chi connectivity index (χ0v) is 16.8. The van der Waals surface area contributed by atoms with E-state index in [-0.39, 0.29) is 12.1 Å². The minimum Gasteiger partial charge on any atom is -0.371 e. The first kappa shape index (κ1) is 19.0. The second-order valence-electron chi connectivity index (χ2n) is 7.50. The molecule has 4 rings (SSSR count). The van der Waals surface area contributed by atoms with Crippen LogP contribution in [0.4, 0.5) is 11.4 Å². The van der Waals surface area contributed by atoms with Crippen LogP contribution in [0.2, 0.25) is 0 Å². The number of imidazole rings is 1. The average Bonchev–Trinajstić information content (AvgIpc) is 3.34. The van der Waals surface area contributed by atoms with Gasteiger partial charge in [0.2, 0.25) is 5.91 Å². The molecular weight excluding hydrogens is 372 g/mol. The van der Waals surface area contributed by atoms with Gasteiger partial charge in [-0.3, -0.25) is 14.2 Å². The number of fused-ring (bicyclic) bond motifs is 1. The molecule has 1 aliphatic rings. The number of nitrogens with zero attached hydrogens (tertiary/aromatic N) is 5. The normalized spacial score (nSPS) is 14.0. The topological polar surface area (TPSA) is 94.2 Å². The van der Waals surface area contributed by atoms with Crippen molar-refractivity contribution in [2.45, 2.75) is 26.3 Å². The van der Waals surface area contributed by atoms with Crippen molar-refractivity contribution in [2.75, 3.05) is 23.3 Å². The Morgan fingerprint density at radius 1 is 1.17 bits per heavy atom. The monoisotopic (exact) mass is 396 g/mol. The van der Waals surface area contributed by atoms with E-state index in [1.165, 1.54) is 36.5 Å². The van der Waals surface area contributed by atoms with Crippen LogP contribution in [-0.4, -0.2) is 37.7 Å². The van der Waals surface area contributed by atoms with Crippen LogP contribution in [-0.2, 0) is 25.4 Å². The molecule has 0 radical (unpaired) electrons. The quantitative estimate of drug-likeness (QED) is 0.710. The third-order valence-corrected chi connectivity index (χ3v) is 5.43. The fourth-order valence-corrected chi connectivity index (χ4v) is 3.93. The van der Waals surface area contributed by atoms with Gasteiger partial charge in [0.25, 0.3) is 5.56 Å². The lowest BCUT2D eigenvalue weighted by molar-refractivity contribution is -0.116. The summed E-state index contributed by atoms with van der Waals surface area (Å²) in [4.78, 5) is 44.2. The number of aryl methyl sites for hydroxylation is 3. The van der Waals surface area contributed by atoms with E-state index in [0.717, 1.165) is 23.2 Å². The highest BCUT2D eigenvalue weighted by Gasteiger charge is 2.18. The van der Waals surface area contributed by atoms with Crippen molar-refractivity contribution in [3.8, 4) is 0 Å². The summed E-state index contributed by atoms with van der Waals surface area (Å²) < 4.78 is 3.76. The molecule has 1 N–H and O–H groups in total. The van der Waals surface area contributed by atoms with Crippen molar-refractivity contribution in [3.63, 3.8) is 0 Å². The Morgan fingerprint density at radius 3 is 2.59 bits per heavy atom. The number of amides is 1. The van der Waals surface area contributed by atoms with Crippen LogP contribution in [0.25, 0.3) is 11.2 Å². The van der Waals surface area contributed by atoms with Crippen LogP contribution in [0.3, 0.4) is 0 Å². The van der Waals surface area contributed by atoms with Gasteiger partial charge in [-0.15, -0.1) is 0 Å². The van der Waals surface area contributed by atoms with Gasteiger partial charge in [-0.05, 0) is 43.5 Å². The van der Waals surface area contributed by atoms with E-state index in [1.54, 1.807) is 11.6 Å². The number of rotatable bonds is 4. The summed E-state index contributed by atoms with van der Waals surface area (Å²) in [7, 11) is 3.21. The molecular formula is C20H24N6O3. The number of hydrogen-bond acceptors (Lipinski definition) is 5. The van der Waals surface area contributed by atoms with Crippen molar-refractivity contribution in [2.24, 2.45) is 14.1 Å². The molecule has 0 unspecified atom stereocenters. The van der Waals surface area contributed by atoms with E-state index >= 15 is 0 Å². The molecule has 2 aromatic heterocycles. The van der Waals surface area contributed by atoms with Gasteiger partial charge in [-0.2, -0.15) is 0 Å². The van der Waals surface area contributed by atoms with Gasteiger partial charge in [0, 0.05) is 38.6 Å². The molecule has 0 saturated carbocycles. The van der Waals surface area contributed by atoms with Crippen molar-refractivity contribution in [1.82, 2.24) is 18.7 Å². The fraction of sp³-hybridized carbons (Fsp3) is 0.400. The minimum absolute atomic E-state index is 0.283. The number of carbonyl (C=O) groups excluding carboxylic acids is 1. The van der Waals surface area contributed by atoms with E-state index in [1.807, 2.05) is 25.1 Å². The van der Waals surface area contributed by atoms with Crippen LogP contribution in [0.1, 0.15) is 18.4 Å². The Labute approximate surface area is 167 Å². The van der Waals surface area contributed by atoms with Gasteiger partial charge in [0.15, 0.2) is 11.2 Å². The van der Waals surface area contributed by atoms with E-state index in [0.29, 0.717) is 11.3 Å². The maximum atomic E-state index is 12.7. The van der Waals surface area contributed by atoms with E-state index in [9.17, 15) is 14.4 Å². The van der Waals surface area contributed by atoms with Crippen molar-refractivity contribution in [1.29, 1.82) is 0 Å². The summed E-state index contributed by atoms with van der Waals surface area (Å²) in [5.74, 6) is -0.431. The Kier molecular flexibility index (Phi) is 4.73. The Morgan fingerprint density at radius 2 is 1.90 bits per heavy atom. The summed E-state index contributed by atoms with van der Waals surface area (Å²) in [6.07, 6.45) is 3.87. The minimum atomic E-state index is -0.572. The van der Waals surface area contributed by atoms with Crippen LogP contribution in [0, 0.1) is 6.92 Å². The van der Waals surface area contributed by atoms with Crippen molar-refractivity contribution >= 4 is 28.4 Å². The highest BCUT2D eigenvalue weighted by Crippen LogP contribution is 2.26. The summed E-state index contributed by atoms with van der Waals surface area (Å²) in [5, 5.41) is 2.79. The maximum Gasteiger partial charge on any atom is 0.332 e. The first-order valence-corrected chi connectivity index (χ1v) is 9.63. The fourth-order valence-electron chi connectivity index (χ4n) is 3.93. The van der Waals surface area contributed by atoms with Crippen LogP contribution in [0.15, 0.2) is 34.1 Å². The van der Waals surface area contributed by atoms with Crippen LogP contribution < -0.4 is 21.5 Å². The average molecular weight is 396 g/mol. The second kappa shape index (κ2) is 7.23. The van der Waals surface area contributed by atoms with E-state index in [2.05, 4.69) is 15.2 Å². The lowest BCUT2D eigenvalue weighted by Crippen LogP contribution is -2.42. The molecule has 3 heterocycles. The predicted octanol–water partition coefficient (Wildman–Crippen LogP) is 0.981. The molecule has 1 amide bonds. The first-order chi connectivity index (χ1) is 13.9. The van der Waals surface area contributed by atoms with Gasteiger partial charge >= 0.3 is 5.69 Å². The lowest BCUT2D eigenvalue weighted by Gasteiger charge is -2.20. The highest BCUT2D eigenvalue weighted by molar-refractivity contribution is 5.91. The molecule has 0 atom stereocenters. The number of hydrogen-bond donors (Lipinski definition) is 1. The summed E-state index contributed by atoms with van der Waals surface area (Å²) >= 11 is 0. The zero-order chi connectivity index (χ0) is 20.7.